The van der Waals surface area contributed by atoms with E-state index in [2.05, 4.69) is 0 Å². The fourth-order valence-electron chi connectivity index (χ4n) is 0. The van der Waals surface area contributed by atoms with Crippen LogP contribution in [0.4, 0.5) is 0 Å². The molecule has 0 amide bonds. The summed E-state index contributed by atoms with van der Waals surface area (Å²) in [7, 11) is 0. The maximum atomic E-state index is 0. The summed E-state index contributed by atoms with van der Waals surface area (Å²) in [5, 5.41) is 0. The Kier molecular flexibility index (Phi) is 99.2. The van der Waals surface area contributed by atoms with Crippen molar-refractivity contribution in [2.75, 3.05) is 0 Å². The minimum atomic E-state index is 0. The molecule has 0 saturated heterocycles. The molecule has 0 rings (SSSR count). The van der Waals surface area contributed by atoms with Crippen molar-refractivity contribution in [2.24, 2.45) is 0 Å². The first-order valence-corrected chi connectivity index (χ1v) is 0. The molecule has 0 aromatic rings. The Morgan fingerprint density at radius 3 is 0.500 bits per heavy atom. The van der Waals surface area contributed by atoms with Crippen LogP contribution in [-0.2, 0) is 0 Å². The summed E-state index contributed by atoms with van der Waals surface area (Å²) in [5.41, 5.74) is 0. The van der Waals surface area contributed by atoms with Crippen LogP contribution in [0.3, 0.4) is 0 Å². The summed E-state index contributed by atoms with van der Waals surface area (Å²) < 4.78 is 0. The maximum Gasteiger partial charge on any atom is 0 e. The van der Waals surface area contributed by atoms with Crippen LogP contribution in [0, 0.1) is 113 Å². The zero-order chi connectivity index (χ0) is 0. The number of hydrogen-bond donors (Lipinski definition) is 0. The average molecular weight is 136 g/mol. The Morgan fingerprint density at radius 2 is 0.500 bits per heavy atom. The molecule has 0 N–H and O–H groups in total. The van der Waals surface area contributed by atoms with Gasteiger partial charge in [0.25, 0.3) is 0 Å². The molecule has 0 unspecified atom stereocenters. The van der Waals surface area contributed by atoms with Crippen LogP contribution in [0.1, 0.15) is 7.43 Å². The van der Waals surface area contributed by atoms with E-state index >= 15 is 0 Å². The SMILES string of the molecule is C.[Ar].[Ar].[Ar]. The van der Waals surface area contributed by atoms with Gasteiger partial charge in [0, 0.05) is 113 Å². The molecule has 0 radical (unpaired) electrons. The van der Waals surface area contributed by atoms with E-state index in [0.29, 0.717) is 0 Å². The molecule has 4 heavy (non-hydrogen) atoms. The second-order valence-corrected chi connectivity index (χ2v) is 0. The Hall–Kier alpha value is 3.78. The molecule has 0 saturated carbocycles. The molecular weight excluding hydrogens is 132 g/mol. The largest absolute Gasteiger partial charge is 0.0776 e. The molecule has 32 valence electrons. The van der Waals surface area contributed by atoms with E-state index in [1.807, 2.05) is 0 Å². The predicted octanol–water partition coefficient (Wildman–Crippen LogP) is 0.636. The Morgan fingerprint density at radius 1 is 0.500 bits per heavy atom. The fourth-order valence-corrected chi connectivity index (χ4v) is 0. The van der Waals surface area contributed by atoms with Gasteiger partial charge in [-0.15, -0.1) is 0 Å². The molecule has 0 spiro atoms. The quantitative estimate of drug-likeness (QED) is 0.458. The standard InChI is InChI=1S/CH4.3Ar/h1H4;;;. The van der Waals surface area contributed by atoms with Crippen LogP contribution in [0.2, 0.25) is 0 Å². The molecule has 3 heteroatoms. The smallest absolute Gasteiger partial charge is 0 e. The van der Waals surface area contributed by atoms with Gasteiger partial charge >= 0.3 is 0 Å². The molecular formula is CH4Ar3. The van der Waals surface area contributed by atoms with E-state index < -0.39 is 0 Å². The first-order valence-electron chi connectivity index (χ1n) is 0. The van der Waals surface area contributed by atoms with Crippen molar-refractivity contribution in [3.63, 3.8) is 0 Å². The van der Waals surface area contributed by atoms with Crippen molar-refractivity contribution in [1.82, 2.24) is 0 Å². The maximum absolute atomic E-state index is 0. The summed E-state index contributed by atoms with van der Waals surface area (Å²) in [6.07, 6.45) is 0. The topological polar surface area (TPSA) is 0 Å². The summed E-state index contributed by atoms with van der Waals surface area (Å²) >= 11 is 0. The van der Waals surface area contributed by atoms with Gasteiger partial charge in [-0.2, -0.15) is 0 Å². The van der Waals surface area contributed by atoms with Gasteiger partial charge in [0.1, 0.15) is 0 Å². The summed E-state index contributed by atoms with van der Waals surface area (Å²) in [6, 6.07) is 0. The summed E-state index contributed by atoms with van der Waals surface area (Å²) in [6.45, 7) is 0. The number of rotatable bonds is 0. The van der Waals surface area contributed by atoms with Crippen LogP contribution in [0.25, 0.3) is 0 Å². The average Bonchev–Trinajstić information content (AvgIpc) is 0. The third-order valence-electron chi connectivity index (χ3n) is 0. The van der Waals surface area contributed by atoms with E-state index in [1.165, 1.54) is 0 Å². The van der Waals surface area contributed by atoms with Crippen LogP contribution in [0.5, 0.6) is 0 Å². The number of hydrogen-bond acceptors (Lipinski definition) is 0. The van der Waals surface area contributed by atoms with Crippen molar-refractivity contribution in [2.45, 2.75) is 7.43 Å². The van der Waals surface area contributed by atoms with Crippen LogP contribution in [0.15, 0.2) is 0 Å². The monoisotopic (exact) mass is 136 g/mol. The van der Waals surface area contributed by atoms with Gasteiger partial charge in [-0.1, -0.05) is 7.43 Å². The third-order valence-corrected chi connectivity index (χ3v) is 0. The first kappa shape index (κ1) is 25.0. The molecule has 0 fully saturated rings. The van der Waals surface area contributed by atoms with E-state index in [9.17, 15) is 0 Å². The van der Waals surface area contributed by atoms with Gasteiger partial charge in [-0.05, 0) is 0 Å². The van der Waals surface area contributed by atoms with E-state index in [-0.39, 0.29) is 121 Å². The summed E-state index contributed by atoms with van der Waals surface area (Å²) in [4.78, 5) is 0. The van der Waals surface area contributed by atoms with Gasteiger partial charge in [-0.25, -0.2) is 0 Å². The van der Waals surface area contributed by atoms with E-state index in [4.69, 9.17) is 0 Å². The van der Waals surface area contributed by atoms with Crippen molar-refractivity contribution in [1.29, 1.82) is 0 Å². The molecule has 0 atom stereocenters. The third kappa shape index (κ3) is 9.24. The van der Waals surface area contributed by atoms with Crippen molar-refractivity contribution >= 4 is 0 Å². The zero-order valence-electron chi connectivity index (χ0n) is 1.06. The van der Waals surface area contributed by atoms with Crippen LogP contribution in [-0.4, -0.2) is 0 Å². The second-order valence-electron chi connectivity index (χ2n) is 0. The van der Waals surface area contributed by atoms with E-state index in [0.717, 1.165) is 0 Å². The van der Waals surface area contributed by atoms with Gasteiger partial charge in [0.2, 0.25) is 0 Å². The Bertz CT molecular complexity index is 3.25. The fraction of sp³-hybridized carbons (Fsp3) is 1.00. The second kappa shape index (κ2) is 15.9. The molecule has 0 aromatic heterocycles. The van der Waals surface area contributed by atoms with Gasteiger partial charge in [-0.3, -0.25) is 0 Å². The molecule has 0 heterocycles. The molecule has 0 aliphatic heterocycles. The summed E-state index contributed by atoms with van der Waals surface area (Å²) in [5.74, 6) is 0. The van der Waals surface area contributed by atoms with Gasteiger partial charge < -0.3 is 0 Å². The van der Waals surface area contributed by atoms with Crippen LogP contribution >= 0.6 is 0 Å². The van der Waals surface area contributed by atoms with Crippen molar-refractivity contribution in [3.05, 3.63) is 0 Å². The molecule has 0 aliphatic carbocycles. The van der Waals surface area contributed by atoms with E-state index in [1.54, 1.807) is 0 Å². The normalized spacial score (nSPS) is 0. The minimum absolute atomic E-state index is 0. The minimum Gasteiger partial charge on any atom is -0.0776 e. The Balaban J connectivity index is 0. The zero-order valence-corrected chi connectivity index (χ0v) is 3.18. The molecule has 0 aromatic carbocycles. The van der Waals surface area contributed by atoms with Gasteiger partial charge in [0.15, 0.2) is 0 Å². The van der Waals surface area contributed by atoms with Crippen molar-refractivity contribution < 1.29 is 113 Å². The van der Waals surface area contributed by atoms with Crippen LogP contribution < -0.4 is 0 Å². The predicted molar refractivity (Wildman–Crippen MR) is 6.73 cm³/mol. The molecule has 0 bridgehead atoms. The van der Waals surface area contributed by atoms with Crippen molar-refractivity contribution in [3.8, 4) is 0 Å². The molecule has 0 aliphatic rings. The Labute approximate surface area is 117 Å². The van der Waals surface area contributed by atoms with Gasteiger partial charge in [0.05, 0.1) is 0 Å². The first-order chi connectivity index (χ1) is 0. The molecule has 0 nitrogen and oxygen atoms in total.